The van der Waals surface area contributed by atoms with Gasteiger partial charge in [-0.15, -0.1) is 0 Å². The van der Waals surface area contributed by atoms with Crippen LogP contribution in [0.3, 0.4) is 0 Å². The van der Waals surface area contributed by atoms with Gasteiger partial charge in [0.25, 0.3) is 0 Å². The van der Waals surface area contributed by atoms with Gasteiger partial charge in [-0.2, -0.15) is 0 Å². The Morgan fingerprint density at radius 3 is 2.65 bits per heavy atom. The molecule has 0 spiro atoms. The lowest BCUT2D eigenvalue weighted by Crippen LogP contribution is -2.28. The number of rotatable bonds is 5. The van der Waals surface area contributed by atoms with Gasteiger partial charge in [-0.25, -0.2) is 4.39 Å². The van der Waals surface area contributed by atoms with Crippen molar-refractivity contribution in [1.29, 1.82) is 0 Å². The van der Waals surface area contributed by atoms with Gasteiger partial charge in [-0.3, -0.25) is 4.79 Å². The van der Waals surface area contributed by atoms with Crippen molar-refractivity contribution >= 4 is 17.5 Å². The standard InChI is InChI=1S/C18H17ClFNO2/c19-12-7-5-11(6-8-12)17(22)10-18(23)21-16-9-14(16)13-3-1-2-4-15(13)20/h1-8,14,16-17,22H,9-10H2,(H,21,23). The topological polar surface area (TPSA) is 49.3 Å². The van der Waals surface area contributed by atoms with Crippen LogP contribution in [-0.2, 0) is 4.79 Å². The van der Waals surface area contributed by atoms with E-state index in [1.165, 1.54) is 6.07 Å². The number of halogens is 2. The minimum atomic E-state index is -0.877. The number of carbonyl (C=O) groups excluding carboxylic acids is 1. The van der Waals surface area contributed by atoms with Gasteiger partial charge in [0.05, 0.1) is 12.5 Å². The number of nitrogens with one attached hydrogen (secondary N) is 1. The Hall–Kier alpha value is -1.91. The normalized spacial score (nSPS) is 20.8. The van der Waals surface area contributed by atoms with Crippen molar-refractivity contribution in [2.75, 3.05) is 0 Å². The van der Waals surface area contributed by atoms with Crippen LogP contribution in [0.25, 0.3) is 0 Å². The molecule has 0 bridgehead atoms. The number of hydrogen-bond donors (Lipinski definition) is 2. The van der Waals surface area contributed by atoms with Gasteiger partial charge >= 0.3 is 0 Å². The Morgan fingerprint density at radius 2 is 1.96 bits per heavy atom. The average molecular weight is 334 g/mol. The molecule has 0 aliphatic heterocycles. The summed E-state index contributed by atoms with van der Waals surface area (Å²) in [6, 6.07) is 13.3. The van der Waals surface area contributed by atoms with E-state index in [1.807, 2.05) is 0 Å². The van der Waals surface area contributed by atoms with Crippen LogP contribution in [0.1, 0.15) is 36.0 Å². The first kappa shape index (κ1) is 16.0. The molecule has 1 aliphatic carbocycles. The van der Waals surface area contributed by atoms with Crippen molar-refractivity contribution in [2.24, 2.45) is 0 Å². The predicted octanol–water partition coefficient (Wildman–Crippen LogP) is 3.57. The number of aliphatic hydroxyl groups excluding tert-OH is 1. The molecule has 0 aromatic heterocycles. The minimum absolute atomic E-state index is 0.0211. The van der Waals surface area contributed by atoms with Gasteiger partial charge in [0, 0.05) is 17.0 Å². The third kappa shape index (κ3) is 3.89. The Bertz CT molecular complexity index is 704. The highest BCUT2D eigenvalue weighted by Crippen LogP contribution is 2.41. The van der Waals surface area contributed by atoms with Crippen molar-refractivity contribution in [3.8, 4) is 0 Å². The van der Waals surface area contributed by atoms with E-state index in [1.54, 1.807) is 42.5 Å². The van der Waals surface area contributed by atoms with E-state index in [0.29, 0.717) is 16.1 Å². The molecule has 120 valence electrons. The third-order valence-electron chi connectivity index (χ3n) is 4.08. The van der Waals surface area contributed by atoms with E-state index in [2.05, 4.69) is 5.32 Å². The van der Waals surface area contributed by atoms with Gasteiger partial charge in [-0.05, 0) is 35.7 Å². The minimum Gasteiger partial charge on any atom is -0.388 e. The van der Waals surface area contributed by atoms with Crippen LogP contribution in [0, 0.1) is 5.82 Å². The van der Waals surface area contributed by atoms with Crippen LogP contribution in [0.15, 0.2) is 48.5 Å². The molecular weight excluding hydrogens is 317 g/mol. The number of hydrogen-bond acceptors (Lipinski definition) is 2. The molecule has 0 heterocycles. The molecule has 5 heteroatoms. The monoisotopic (exact) mass is 333 g/mol. The molecule has 1 aliphatic rings. The molecule has 1 saturated carbocycles. The number of amides is 1. The maximum Gasteiger partial charge on any atom is 0.223 e. The lowest BCUT2D eigenvalue weighted by Gasteiger charge is -2.11. The molecule has 1 amide bonds. The summed E-state index contributed by atoms with van der Waals surface area (Å²) in [5.74, 6) is -0.459. The lowest BCUT2D eigenvalue weighted by atomic mass is 10.1. The molecule has 3 unspecified atom stereocenters. The molecule has 23 heavy (non-hydrogen) atoms. The van der Waals surface area contributed by atoms with Crippen LogP contribution in [-0.4, -0.2) is 17.1 Å². The lowest BCUT2D eigenvalue weighted by molar-refractivity contribution is -0.123. The highest BCUT2D eigenvalue weighted by atomic mass is 35.5. The first-order valence-electron chi connectivity index (χ1n) is 7.52. The first-order valence-corrected chi connectivity index (χ1v) is 7.89. The maximum atomic E-state index is 13.7. The van der Waals surface area contributed by atoms with E-state index < -0.39 is 6.10 Å². The second-order valence-electron chi connectivity index (χ2n) is 5.81. The summed E-state index contributed by atoms with van der Waals surface area (Å²) in [6.07, 6.45) is -0.177. The summed E-state index contributed by atoms with van der Waals surface area (Å²) in [6.45, 7) is 0. The smallest absolute Gasteiger partial charge is 0.223 e. The van der Waals surface area contributed by atoms with Gasteiger partial charge in [0.2, 0.25) is 5.91 Å². The fourth-order valence-electron chi connectivity index (χ4n) is 2.72. The molecule has 0 radical (unpaired) electrons. The Kier molecular flexibility index (Phi) is 4.64. The van der Waals surface area contributed by atoms with Crippen molar-refractivity contribution < 1.29 is 14.3 Å². The van der Waals surface area contributed by atoms with Crippen molar-refractivity contribution in [2.45, 2.75) is 30.9 Å². The number of benzene rings is 2. The van der Waals surface area contributed by atoms with Crippen molar-refractivity contribution in [1.82, 2.24) is 5.32 Å². The summed E-state index contributed by atoms with van der Waals surface area (Å²) < 4.78 is 13.7. The van der Waals surface area contributed by atoms with Crippen LogP contribution in [0.4, 0.5) is 4.39 Å². The molecule has 3 nitrogen and oxygen atoms in total. The molecule has 2 N–H and O–H groups in total. The molecule has 2 aromatic carbocycles. The summed E-state index contributed by atoms with van der Waals surface area (Å²) in [4.78, 5) is 12.0. The Morgan fingerprint density at radius 1 is 1.26 bits per heavy atom. The van der Waals surface area contributed by atoms with Crippen LogP contribution in [0.2, 0.25) is 5.02 Å². The summed E-state index contributed by atoms with van der Waals surface area (Å²) in [5.41, 5.74) is 1.28. The fourth-order valence-corrected chi connectivity index (χ4v) is 2.84. The van der Waals surface area contributed by atoms with Gasteiger partial charge in [0.1, 0.15) is 5.82 Å². The molecule has 1 fully saturated rings. The second kappa shape index (κ2) is 6.69. The van der Waals surface area contributed by atoms with E-state index in [0.717, 1.165) is 6.42 Å². The summed E-state index contributed by atoms with van der Waals surface area (Å²) >= 11 is 5.79. The van der Waals surface area contributed by atoms with Crippen molar-refractivity contribution in [3.63, 3.8) is 0 Å². The maximum absolute atomic E-state index is 13.7. The quantitative estimate of drug-likeness (QED) is 0.878. The highest BCUT2D eigenvalue weighted by Gasteiger charge is 2.41. The van der Waals surface area contributed by atoms with Gasteiger partial charge < -0.3 is 10.4 Å². The van der Waals surface area contributed by atoms with E-state index in [4.69, 9.17) is 11.6 Å². The zero-order valence-electron chi connectivity index (χ0n) is 12.4. The summed E-state index contributed by atoms with van der Waals surface area (Å²) in [5, 5.41) is 13.5. The molecule has 0 saturated heterocycles. The highest BCUT2D eigenvalue weighted by molar-refractivity contribution is 6.30. The Labute approximate surface area is 139 Å². The average Bonchev–Trinajstić information content (AvgIpc) is 3.27. The molecule has 3 rings (SSSR count). The number of aliphatic hydroxyl groups is 1. The number of carbonyl (C=O) groups is 1. The summed E-state index contributed by atoms with van der Waals surface area (Å²) in [7, 11) is 0. The first-order chi connectivity index (χ1) is 11.0. The second-order valence-corrected chi connectivity index (χ2v) is 6.25. The van der Waals surface area contributed by atoms with E-state index in [9.17, 15) is 14.3 Å². The van der Waals surface area contributed by atoms with Gasteiger partial charge in [-0.1, -0.05) is 41.9 Å². The molecule has 2 aromatic rings. The van der Waals surface area contributed by atoms with E-state index in [-0.39, 0.29) is 30.1 Å². The largest absolute Gasteiger partial charge is 0.388 e. The van der Waals surface area contributed by atoms with Crippen LogP contribution in [0.5, 0.6) is 0 Å². The molecule has 3 atom stereocenters. The van der Waals surface area contributed by atoms with Gasteiger partial charge in [0.15, 0.2) is 0 Å². The third-order valence-corrected chi connectivity index (χ3v) is 4.33. The Balaban J connectivity index is 1.53. The van der Waals surface area contributed by atoms with Crippen LogP contribution < -0.4 is 5.32 Å². The fraction of sp³-hybridized carbons (Fsp3) is 0.278. The van der Waals surface area contributed by atoms with Crippen LogP contribution >= 0.6 is 11.6 Å². The zero-order chi connectivity index (χ0) is 16.4. The zero-order valence-corrected chi connectivity index (χ0v) is 13.1. The molecular formula is C18H17ClFNO2. The SMILES string of the molecule is O=C(CC(O)c1ccc(Cl)cc1)NC1CC1c1ccccc1F. The van der Waals surface area contributed by atoms with Crippen molar-refractivity contribution in [3.05, 3.63) is 70.5 Å². The predicted molar refractivity (Wildman–Crippen MR) is 86.7 cm³/mol. The van der Waals surface area contributed by atoms with E-state index >= 15 is 0 Å².